The Kier molecular flexibility index (Phi) is 4.78. The Hall–Kier alpha value is -1.39. The van der Waals surface area contributed by atoms with Crippen molar-refractivity contribution in [2.75, 3.05) is 19.6 Å². The van der Waals surface area contributed by atoms with Gasteiger partial charge in [0.1, 0.15) is 5.82 Å². The van der Waals surface area contributed by atoms with E-state index in [2.05, 4.69) is 55.4 Å². The fourth-order valence-electron chi connectivity index (χ4n) is 2.61. The summed E-state index contributed by atoms with van der Waals surface area (Å²) in [7, 11) is 0. The molecule has 2 rings (SSSR count). The van der Waals surface area contributed by atoms with Gasteiger partial charge in [-0.05, 0) is 44.6 Å². The first kappa shape index (κ1) is 15.0. The summed E-state index contributed by atoms with van der Waals surface area (Å²) in [4.78, 5) is 7.23. The molecule has 0 radical (unpaired) electrons. The van der Waals surface area contributed by atoms with Crippen LogP contribution in [-0.4, -0.2) is 34.1 Å². The largest absolute Gasteiger partial charge is 0.328 e. The van der Waals surface area contributed by atoms with Crippen LogP contribution in [0.5, 0.6) is 0 Å². The van der Waals surface area contributed by atoms with Crippen molar-refractivity contribution in [2.24, 2.45) is 5.73 Å². The molecule has 0 saturated carbocycles. The van der Waals surface area contributed by atoms with Gasteiger partial charge in [-0.3, -0.25) is 4.90 Å². The molecule has 0 aliphatic heterocycles. The molecular formula is C16H26N4. The Morgan fingerprint density at radius 3 is 2.60 bits per heavy atom. The van der Waals surface area contributed by atoms with E-state index in [1.165, 1.54) is 11.1 Å². The highest BCUT2D eigenvalue weighted by Crippen LogP contribution is 2.22. The summed E-state index contributed by atoms with van der Waals surface area (Å²) in [5, 5.41) is 0. The van der Waals surface area contributed by atoms with E-state index in [1.807, 2.05) is 0 Å². The zero-order valence-electron chi connectivity index (χ0n) is 13.1. The number of benzene rings is 1. The molecule has 0 amide bonds. The van der Waals surface area contributed by atoms with E-state index in [1.54, 1.807) is 0 Å². The Labute approximate surface area is 121 Å². The summed E-state index contributed by atoms with van der Waals surface area (Å²) < 4.78 is 2.30. The smallest absolute Gasteiger partial charge is 0.124 e. The lowest BCUT2D eigenvalue weighted by Gasteiger charge is -2.21. The van der Waals surface area contributed by atoms with Crippen LogP contribution in [0.15, 0.2) is 18.2 Å². The molecule has 2 aromatic rings. The fraction of sp³-hybridized carbons (Fsp3) is 0.562. The molecule has 20 heavy (non-hydrogen) atoms. The zero-order chi connectivity index (χ0) is 14.7. The standard InChI is InChI=1S/C16H26N4/c1-5-19(6-2)11-16-18-14-9-12(3)7-8-15(14)20(16)13(4)10-17/h7-9,13H,5-6,10-11,17H2,1-4H3. The van der Waals surface area contributed by atoms with Gasteiger partial charge in [-0.15, -0.1) is 0 Å². The quantitative estimate of drug-likeness (QED) is 0.881. The van der Waals surface area contributed by atoms with Crippen molar-refractivity contribution >= 4 is 11.0 Å². The van der Waals surface area contributed by atoms with Crippen molar-refractivity contribution in [1.82, 2.24) is 14.5 Å². The van der Waals surface area contributed by atoms with Crippen LogP contribution in [0.25, 0.3) is 11.0 Å². The van der Waals surface area contributed by atoms with E-state index < -0.39 is 0 Å². The molecule has 1 aromatic carbocycles. The van der Waals surface area contributed by atoms with Gasteiger partial charge in [0.15, 0.2) is 0 Å². The fourth-order valence-corrected chi connectivity index (χ4v) is 2.61. The van der Waals surface area contributed by atoms with E-state index in [4.69, 9.17) is 10.7 Å². The van der Waals surface area contributed by atoms with Crippen molar-refractivity contribution < 1.29 is 0 Å². The summed E-state index contributed by atoms with van der Waals surface area (Å²) in [6.07, 6.45) is 0. The summed E-state index contributed by atoms with van der Waals surface area (Å²) in [6.45, 7) is 12.2. The zero-order valence-corrected chi connectivity index (χ0v) is 13.1. The van der Waals surface area contributed by atoms with Gasteiger partial charge in [-0.1, -0.05) is 19.9 Å². The minimum atomic E-state index is 0.272. The van der Waals surface area contributed by atoms with Gasteiger partial charge >= 0.3 is 0 Å². The molecule has 0 fully saturated rings. The highest BCUT2D eigenvalue weighted by atomic mass is 15.2. The first-order valence-corrected chi connectivity index (χ1v) is 7.50. The average molecular weight is 274 g/mol. The number of fused-ring (bicyclic) bond motifs is 1. The van der Waals surface area contributed by atoms with Crippen molar-refractivity contribution in [3.8, 4) is 0 Å². The number of hydrogen-bond donors (Lipinski definition) is 1. The van der Waals surface area contributed by atoms with Crippen LogP contribution in [-0.2, 0) is 6.54 Å². The Bertz CT molecular complexity index is 569. The van der Waals surface area contributed by atoms with Crippen LogP contribution in [0.2, 0.25) is 0 Å². The summed E-state index contributed by atoms with van der Waals surface area (Å²) in [5.41, 5.74) is 9.40. The number of aryl methyl sites for hydroxylation is 1. The molecule has 0 aliphatic rings. The molecule has 4 nitrogen and oxygen atoms in total. The third kappa shape index (κ3) is 2.86. The van der Waals surface area contributed by atoms with Gasteiger partial charge in [0.2, 0.25) is 0 Å². The highest BCUT2D eigenvalue weighted by molar-refractivity contribution is 5.77. The van der Waals surface area contributed by atoms with E-state index in [9.17, 15) is 0 Å². The Morgan fingerprint density at radius 1 is 1.30 bits per heavy atom. The van der Waals surface area contributed by atoms with Crippen molar-refractivity contribution in [3.63, 3.8) is 0 Å². The van der Waals surface area contributed by atoms with Gasteiger partial charge in [0.05, 0.1) is 17.6 Å². The van der Waals surface area contributed by atoms with Crippen molar-refractivity contribution in [3.05, 3.63) is 29.6 Å². The van der Waals surface area contributed by atoms with Crippen LogP contribution in [0.3, 0.4) is 0 Å². The van der Waals surface area contributed by atoms with Gasteiger partial charge in [-0.25, -0.2) is 4.98 Å². The summed E-state index contributed by atoms with van der Waals surface area (Å²) in [6, 6.07) is 6.73. The number of imidazole rings is 1. The number of nitrogens with zero attached hydrogens (tertiary/aromatic N) is 3. The second kappa shape index (κ2) is 6.37. The lowest BCUT2D eigenvalue weighted by atomic mass is 10.2. The molecule has 1 heterocycles. The number of hydrogen-bond acceptors (Lipinski definition) is 3. The number of rotatable bonds is 6. The molecule has 1 atom stereocenters. The van der Waals surface area contributed by atoms with Crippen LogP contribution in [0.4, 0.5) is 0 Å². The second-order valence-electron chi connectivity index (χ2n) is 5.44. The highest BCUT2D eigenvalue weighted by Gasteiger charge is 2.16. The summed E-state index contributed by atoms with van der Waals surface area (Å²) >= 11 is 0. The van der Waals surface area contributed by atoms with Gasteiger partial charge in [-0.2, -0.15) is 0 Å². The van der Waals surface area contributed by atoms with Gasteiger partial charge in [0, 0.05) is 12.6 Å². The minimum absolute atomic E-state index is 0.272. The first-order chi connectivity index (χ1) is 9.60. The van der Waals surface area contributed by atoms with E-state index >= 15 is 0 Å². The molecule has 0 aliphatic carbocycles. The first-order valence-electron chi connectivity index (χ1n) is 7.50. The van der Waals surface area contributed by atoms with E-state index in [0.717, 1.165) is 31.0 Å². The molecule has 110 valence electrons. The molecule has 0 bridgehead atoms. The monoisotopic (exact) mass is 274 g/mol. The van der Waals surface area contributed by atoms with Crippen LogP contribution < -0.4 is 5.73 Å². The number of aromatic nitrogens is 2. The van der Waals surface area contributed by atoms with Crippen molar-refractivity contribution in [2.45, 2.75) is 40.3 Å². The predicted octanol–water partition coefficient (Wildman–Crippen LogP) is 2.71. The normalized spacial score (nSPS) is 13.3. The molecule has 1 unspecified atom stereocenters. The van der Waals surface area contributed by atoms with Crippen LogP contribution >= 0.6 is 0 Å². The molecule has 0 saturated heterocycles. The Balaban J connectivity index is 2.51. The second-order valence-corrected chi connectivity index (χ2v) is 5.44. The maximum atomic E-state index is 5.89. The topological polar surface area (TPSA) is 47.1 Å². The van der Waals surface area contributed by atoms with E-state index in [-0.39, 0.29) is 6.04 Å². The lowest BCUT2D eigenvalue weighted by Crippen LogP contribution is -2.26. The maximum absolute atomic E-state index is 5.89. The SMILES string of the molecule is CCN(CC)Cc1nc2cc(C)ccc2n1C(C)CN. The van der Waals surface area contributed by atoms with Gasteiger partial charge < -0.3 is 10.3 Å². The van der Waals surface area contributed by atoms with E-state index in [0.29, 0.717) is 6.54 Å². The predicted molar refractivity (Wildman–Crippen MR) is 84.9 cm³/mol. The average Bonchev–Trinajstić information content (AvgIpc) is 2.80. The third-order valence-corrected chi connectivity index (χ3v) is 3.96. The minimum Gasteiger partial charge on any atom is -0.328 e. The third-order valence-electron chi connectivity index (χ3n) is 3.96. The number of nitrogens with two attached hydrogens (primary N) is 1. The summed E-state index contributed by atoms with van der Waals surface area (Å²) in [5.74, 6) is 1.12. The Morgan fingerprint density at radius 2 is 2.00 bits per heavy atom. The molecule has 4 heteroatoms. The molecular weight excluding hydrogens is 248 g/mol. The van der Waals surface area contributed by atoms with Crippen LogP contribution in [0, 0.1) is 6.92 Å². The van der Waals surface area contributed by atoms with Gasteiger partial charge in [0.25, 0.3) is 0 Å². The maximum Gasteiger partial charge on any atom is 0.124 e. The van der Waals surface area contributed by atoms with Crippen LogP contribution in [0.1, 0.15) is 38.2 Å². The lowest BCUT2D eigenvalue weighted by molar-refractivity contribution is 0.281. The van der Waals surface area contributed by atoms with Crippen molar-refractivity contribution in [1.29, 1.82) is 0 Å². The molecule has 0 spiro atoms. The molecule has 1 aromatic heterocycles. The molecule has 2 N–H and O–H groups in total.